The second-order valence-corrected chi connectivity index (χ2v) is 4.80. The van der Waals surface area contributed by atoms with Gasteiger partial charge in [0.15, 0.2) is 5.78 Å². The molecule has 0 saturated heterocycles. The average molecular weight is 331 g/mol. The lowest BCUT2D eigenvalue weighted by Gasteiger charge is -2.04. The minimum Gasteiger partial charge on any atom is -0.435 e. The van der Waals surface area contributed by atoms with Crippen LogP contribution in [0.3, 0.4) is 0 Å². The monoisotopic (exact) mass is 331 g/mol. The third-order valence-corrected chi connectivity index (χ3v) is 3.19. The zero-order chi connectivity index (χ0) is 17.5. The van der Waals surface area contributed by atoms with Crippen molar-refractivity contribution in [3.05, 3.63) is 71.3 Å². The van der Waals surface area contributed by atoms with Gasteiger partial charge >= 0.3 is 6.61 Å². The Morgan fingerprint density at radius 3 is 2.12 bits per heavy atom. The molecule has 0 atom stereocenters. The molecule has 2 aromatic rings. The molecule has 0 spiro atoms. The van der Waals surface area contributed by atoms with Crippen molar-refractivity contribution in [3.63, 3.8) is 0 Å². The van der Waals surface area contributed by atoms with Gasteiger partial charge in [0.05, 0.1) is 0 Å². The van der Waals surface area contributed by atoms with Crippen molar-refractivity contribution in [2.45, 2.75) is 6.61 Å². The zero-order valence-electron chi connectivity index (χ0n) is 12.8. The molecule has 1 N–H and O–H groups in total. The molecule has 0 unspecified atom stereocenters. The first-order valence-electron chi connectivity index (χ1n) is 7.09. The van der Waals surface area contributed by atoms with E-state index in [0.29, 0.717) is 11.1 Å². The van der Waals surface area contributed by atoms with Crippen molar-refractivity contribution < 1.29 is 23.1 Å². The highest BCUT2D eigenvalue weighted by Gasteiger charge is 2.06. The maximum absolute atomic E-state index is 12.1. The fourth-order valence-electron chi connectivity index (χ4n) is 1.96. The number of allylic oxidation sites excluding steroid dienone is 1. The van der Waals surface area contributed by atoms with E-state index in [2.05, 4.69) is 10.1 Å². The van der Waals surface area contributed by atoms with Gasteiger partial charge in [-0.2, -0.15) is 8.78 Å². The number of rotatable bonds is 6. The molecule has 0 fully saturated rings. The van der Waals surface area contributed by atoms with Gasteiger partial charge in [0, 0.05) is 18.2 Å². The van der Waals surface area contributed by atoms with Gasteiger partial charge in [-0.15, -0.1) is 0 Å². The van der Waals surface area contributed by atoms with Crippen LogP contribution >= 0.6 is 0 Å². The topological polar surface area (TPSA) is 55.4 Å². The van der Waals surface area contributed by atoms with Crippen LogP contribution in [-0.2, 0) is 0 Å². The molecule has 2 aromatic carbocycles. The molecule has 1 amide bonds. The summed E-state index contributed by atoms with van der Waals surface area (Å²) in [5, 5.41) is 2.52. The summed E-state index contributed by atoms with van der Waals surface area (Å²) in [5.74, 6) is -0.461. The summed E-state index contributed by atoms with van der Waals surface area (Å²) in [4.78, 5) is 23.5. The molecule has 0 radical (unpaired) electrons. The van der Waals surface area contributed by atoms with Gasteiger partial charge in [-0.05, 0) is 48.0 Å². The number of hydrogen-bond acceptors (Lipinski definition) is 3. The van der Waals surface area contributed by atoms with Crippen LogP contribution < -0.4 is 10.1 Å². The third-order valence-electron chi connectivity index (χ3n) is 3.19. The number of amides is 1. The van der Waals surface area contributed by atoms with Gasteiger partial charge in [0.1, 0.15) is 5.75 Å². The summed E-state index contributed by atoms with van der Waals surface area (Å²) >= 11 is 0. The maximum Gasteiger partial charge on any atom is 0.387 e. The average Bonchev–Trinajstić information content (AvgIpc) is 2.59. The summed E-state index contributed by atoms with van der Waals surface area (Å²) in [6.45, 7) is -2.90. The molecule has 24 heavy (non-hydrogen) atoms. The Morgan fingerprint density at radius 1 is 1.00 bits per heavy atom. The molecule has 0 aromatic heterocycles. The molecule has 0 heterocycles. The van der Waals surface area contributed by atoms with Gasteiger partial charge in [-0.25, -0.2) is 0 Å². The normalized spacial score (nSPS) is 10.8. The van der Waals surface area contributed by atoms with E-state index in [9.17, 15) is 18.4 Å². The zero-order valence-corrected chi connectivity index (χ0v) is 12.8. The summed E-state index contributed by atoms with van der Waals surface area (Å²) in [5.41, 5.74) is 1.64. The summed E-state index contributed by atoms with van der Waals surface area (Å²) < 4.78 is 28.4. The molecule has 0 aliphatic carbocycles. The highest BCUT2D eigenvalue weighted by molar-refractivity contribution is 6.06. The van der Waals surface area contributed by atoms with Crippen LogP contribution in [0.4, 0.5) is 8.78 Å². The maximum atomic E-state index is 12.1. The standard InChI is InChI=1S/C18H15F2NO3/c1-21-17(23)14-5-2-12(3-6-14)4-11-16(22)13-7-9-15(10-8-13)24-18(19)20/h2-11,18H,1H3,(H,21,23). The Kier molecular flexibility index (Phi) is 5.78. The van der Waals surface area contributed by atoms with Crippen LogP contribution in [0.1, 0.15) is 26.3 Å². The second-order valence-electron chi connectivity index (χ2n) is 4.80. The number of hydrogen-bond donors (Lipinski definition) is 1. The third kappa shape index (κ3) is 4.74. The molecular formula is C18H15F2NO3. The van der Waals surface area contributed by atoms with Crippen LogP contribution in [0, 0.1) is 0 Å². The molecule has 0 saturated carbocycles. The van der Waals surface area contributed by atoms with Crippen molar-refractivity contribution in [2.24, 2.45) is 0 Å². The Hall–Kier alpha value is -3.02. The number of carbonyl (C=O) groups is 2. The number of carbonyl (C=O) groups excluding carboxylic acids is 2. The van der Waals surface area contributed by atoms with Gasteiger partial charge < -0.3 is 10.1 Å². The number of nitrogens with one attached hydrogen (secondary N) is 1. The lowest BCUT2D eigenvalue weighted by atomic mass is 10.1. The first-order chi connectivity index (χ1) is 11.5. The Labute approximate surface area is 137 Å². The molecule has 6 heteroatoms. The summed E-state index contributed by atoms with van der Waals surface area (Å²) in [6.07, 6.45) is 2.98. The van der Waals surface area contributed by atoms with Crippen LogP contribution in [0.2, 0.25) is 0 Å². The minimum absolute atomic E-state index is 0.00433. The van der Waals surface area contributed by atoms with E-state index >= 15 is 0 Å². The molecule has 4 nitrogen and oxygen atoms in total. The molecule has 124 valence electrons. The highest BCUT2D eigenvalue weighted by atomic mass is 19.3. The van der Waals surface area contributed by atoms with Gasteiger partial charge in [-0.3, -0.25) is 9.59 Å². The predicted octanol–water partition coefficient (Wildman–Crippen LogP) is 3.54. The largest absolute Gasteiger partial charge is 0.435 e. The second kappa shape index (κ2) is 8.01. The highest BCUT2D eigenvalue weighted by Crippen LogP contribution is 2.16. The molecular weight excluding hydrogens is 316 g/mol. The lowest BCUT2D eigenvalue weighted by molar-refractivity contribution is -0.0498. The first kappa shape index (κ1) is 17.3. The SMILES string of the molecule is CNC(=O)c1ccc(C=CC(=O)c2ccc(OC(F)F)cc2)cc1. The van der Waals surface area contributed by atoms with Gasteiger partial charge in [-0.1, -0.05) is 18.2 Å². The fourth-order valence-corrected chi connectivity index (χ4v) is 1.96. The molecule has 0 bridgehead atoms. The smallest absolute Gasteiger partial charge is 0.387 e. The lowest BCUT2D eigenvalue weighted by Crippen LogP contribution is -2.17. The van der Waals surface area contributed by atoms with Gasteiger partial charge in [0.25, 0.3) is 5.91 Å². The number of benzene rings is 2. The van der Waals surface area contributed by atoms with Crippen LogP contribution in [-0.4, -0.2) is 25.3 Å². The van der Waals surface area contributed by atoms with Crippen molar-refractivity contribution in [1.82, 2.24) is 5.32 Å². The van der Waals surface area contributed by atoms with Crippen molar-refractivity contribution >= 4 is 17.8 Å². The van der Waals surface area contributed by atoms with Crippen LogP contribution in [0.15, 0.2) is 54.6 Å². The summed E-state index contributed by atoms with van der Waals surface area (Å²) in [7, 11) is 1.55. The quantitative estimate of drug-likeness (QED) is 0.651. The van der Waals surface area contributed by atoms with Crippen molar-refractivity contribution in [3.8, 4) is 5.75 Å². The van der Waals surface area contributed by atoms with Crippen LogP contribution in [0.5, 0.6) is 5.75 Å². The summed E-state index contributed by atoms with van der Waals surface area (Å²) in [6, 6.07) is 12.2. The van der Waals surface area contributed by atoms with Crippen molar-refractivity contribution in [1.29, 1.82) is 0 Å². The van der Waals surface area contributed by atoms with E-state index in [1.807, 2.05) is 0 Å². The number of halogens is 2. The molecule has 2 rings (SSSR count). The van der Waals surface area contributed by atoms with E-state index in [-0.39, 0.29) is 17.4 Å². The minimum atomic E-state index is -2.90. The van der Waals surface area contributed by atoms with Crippen molar-refractivity contribution in [2.75, 3.05) is 7.05 Å². The number of alkyl halides is 2. The predicted molar refractivity (Wildman–Crippen MR) is 86.3 cm³/mol. The Bertz CT molecular complexity index is 738. The molecule has 0 aliphatic rings. The molecule has 0 aliphatic heterocycles. The van der Waals surface area contributed by atoms with Gasteiger partial charge in [0.2, 0.25) is 0 Å². The van der Waals surface area contributed by atoms with E-state index in [0.717, 1.165) is 5.56 Å². The fraction of sp³-hybridized carbons (Fsp3) is 0.111. The number of ether oxygens (including phenoxy) is 1. The van der Waals surface area contributed by atoms with E-state index < -0.39 is 6.61 Å². The Balaban J connectivity index is 2.03. The van der Waals surface area contributed by atoms with E-state index in [1.165, 1.54) is 30.3 Å². The van der Waals surface area contributed by atoms with E-state index in [1.54, 1.807) is 37.4 Å². The number of ketones is 1. The van der Waals surface area contributed by atoms with Crippen LogP contribution in [0.25, 0.3) is 6.08 Å². The first-order valence-corrected chi connectivity index (χ1v) is 7.09. The Morgan fingerprint density at radius 2 is 1.58 bits per heavy atom. The van der Waals surface area contributed by atoms with E-state index in [4.69, 9.17) is 0 Å².